The molecule has 0 aromatic rings. The molecule has 5 heavy (non-hydrogen) atoms. The van der Waals surface area contributed by atoms with Gasteiger partial charge in [0.25, 0.3) is 6.86 Å². The maximum absolute atomic E-state index is 10.5. The molecule has 0 fully saturated rings. The summed E-state index contributed by atoms with van der Waals surface area (Å²) < 4.78 is 24.3. The van der Waals surface area contributed by atoms with E-state index in [-0.39, 0.29) is 6.86 Å². The lowest BCUT2D eigenvalue weighted by atomic mass is 11.4. The lowest BCUT2D eigenvalue weighted by Crippen LogP contribution is -1.74. The van der Waals surface area contributed by atoms with Crippen LogP contribution in [0.25, 0.3) is 0 Å². The van der Waals surface area contributed by atoms with Crippen LogP contribution in [0, 0.1) is 6.86 Å². The largest absolute Gasteiger partial charge is 0.312 e. The Morgan fingerprint density at radius 2 is 2.40 bits per heavy atom. The van der Waals surface area contributed by atoms with E-state index in [4.69, 9.17) is 0 Å². The van der Waals surface area contributed by atoms with Crippen LogP contribution in [0.4, 0.5) is 8.78 Å². The predicted octanol–water partition coefficient (Wildman–Crippen LogP) is 1.02. The van der Waals surface area contributed by atoms with E-state index in [1.807, 2.05) is 0 Å². The third-order valence-electron chi connectivity index (χ3n) is 0.126. The SMILES string of the molecule is F[CH]OCF. The number of ether oxygens (including phenoxy) is 1. The number of alkyl halides is 1. The van der Waals surface area contributed by atoms with Gasteiger partial charge in [-0.3, -0.25) is 0 Å². The average molecular weight is 81.0 g/mol. The molecule has 3 heteroatoms. The molecule has 1 radical (unpaired) electrons. The normalized spacial score (nSPS) is 8.40. The Hall–Kier alpha value is -0.180. The van der Waals surface area contributed by atoms with Crippen molar-refractivity contribution in [1.82, 2.24) is 0 Å². The van der Waals surface area contributed by atoms with E-state index in [2.05, 4.69) is 4.74 Å². The molecule has 0 bridgehead atoms. The Morgan fingerprint density at radius 1 is 1.80 bits per heavy atom. The second-order valence-corrected chi connectivity index (χ2v) is 0.365. The topological polar surface area (TPSA) is 9.23 Å². The first kappa shape index (κ1) is 4.82. The van der Waals surface area contributed by atoms with Crippen molar-refractivity contribution >= 4 is 0 Å². The molecule has 0 unspecified atom stereocenters. The Morgan fingerprint density at radius 3 is 2.40 bits per heavy atom. The Balaban J connectivity index is 2.19. The standard InChI is InChI=1S/C2H3F2O/c3-1-5-2-4/h1H,2H2. The molecule has 0 aliphatic carbocycles. The molecule has 0 aliphatic rings. The van der Waals surface area contributed by atoms with Gasteiger partial charge in [0.15, 0.2) is 6.86 Å². The van der Waals surface area contributed by atoms with Crippen LogP contribution in [-0.2, 0) is 4.74 Å². The van der Waals surface area contributed by atoms with Gasteiger partial charge in [0, 0.05) is 0 Å². The van der Waals surface area contributed by atoms with Crippen molar-refractivity contribution in [2.24, 2.45) is 0 Å². The Bertz CT molecular complexity index is 15.1. The molecular formula is C2H3F2O. The lowest BCUT2D eigenvalue weighted by Gasteiger charge is -1.78. The summed E-state index contributed by atoms with van der Waals surface area (Å²) in [4.78, 5) is 0. The molecule has 31 valence electrons. The second kappa shape index (κ2) is 3.82. The first-order valence-electron chi connectivity index (χ1n) is 1.01. The Labute approximate surface area is 28.5 Å². The van der Waals surface area contributed by atoms with Crippen molar-refractivity contribution in [2.45, 2.75) is 0 Å². The van der Waals surface area contributed by atoms with Crippen LogP contribution in [0.3, 0.4) is 0 Å². The fourth-order valence-electron chi connectivity index (χ4n) is 0.0238. The van der Waals surface area contributed by atoms with Gasteiger partial charge in [0.05, 0.1) is 0 Å². The van der Waals surface area contributed by atoms with Crippen molar-refractivity contribution in [2.75, 3.05) is 6.86 Å². The van der Waals surface area contributed by atoms with Crippen LogP contribution < -0.4 is 0 Å². The highest BCUT2D eigenvalue weighted by Crippen LogP contribution is 1.78. The molecule has 0 aliphatic heterocycles. The van der Waals surface area contributed by atoms with E-state index in [1.54, 1.807) is 0 Å². The summed E-state index contributed by atoms with van der Waals surface area (Å²) >= 11 is 0. The van der Waals surface area contributed by atoms with E-state index in [0.29, 0.717) is 0 Å². The second-order valence-electron chi connectivity index (χ2n) is 0.365. The van der Waals surface area contributed by atoms with Crippen LogP contribution in [0.15, 0.2) is 0 Å². The molecule has 0 amide bonds. The van der Waals surface area contributed by atoms with E-state index in [1.165, 1.54) is 0 Å². The van der Waals surface area contributed by atoms with Gasteiger partial charge >= 0.3 is 0 Å². The summed E-state index contributed by atoms with van der Waals surface area (Å²) in [6, 6.07) is 0. The van der Waals surface area contributed by atoms with Gasteiger partial charge in [-0.1, -0.05) is 0 Å². The molecule has 0 aromatic carbocycles. The summed E-state index contributed by atoms with van der Waals surface area (Å²) in [5.41, 5.74) is 0. The Kier molecular flexibility index (Phi) is 3.68. The zero-order valence-electron chi connectivity index (χ0n) is 2.45. The molecule has 0 rings (SSSR count). The molecular weight excluding hydrogens is 78.0 g/mol. The van der Waals surface area contributed by atoms with Crippen molar-refractivity contribution in [3.8, 4) is 0 Å². The molecule has 0 saturated heterocycles. The molecule has 0 aromatic heterocycles. The fourth-order valence-corrected chi connectivity index (χ4v) is 0.0238. The van der Waals surface area contributed by atoms with Gasteiger partial charge in [-0.2, -0.15) is 0 Å². The zero-order valence-corrected chi connectivity index (χ0v) is 2.45. The van der Waals surface area contributed by atoms with E-state index >= 15 is 0 Å². The number of rotatable bonds is 2. The molecule has 0 heterocycles. The lowest BCUT2D eigenvalue weighted by molar-refractivity contribution is 0.0616. The number of halogens is 2. The van der Waals surface area contributed by atoms with E-state index in [0.717, 1.165) is 0 Å². The van der Waals surface area contributed by atoms with Gasteiger partial charge in [-0.15, -0.1) is 0 Å². The smallest absolute Gasteiger partial charge is 0.257 e. The summed E-state index contributed by atoms with van der Waals surface area (Å²) in [5.74, 6) is 0. The van der Waals surface area contributed by atoms with Crippen LogP contribution in [0.5, 0.6) is 0 Å². The maximum Gasteiger partial charge on any atom is 0.257 e. The summed E-state index contributed by atoms with van der Waals surface area (Å²) in [5, 5.41) is 0. The van der Waals surface area contributed by atoms with Crippen molar-refractivity contribution < 1.29 is 13.5 Å². The minimum Gasteiger partial charge on any atom is -0.312 e. The highest BCUT2D eigenvalue weighted by molar-refractivity contribution is 4.08. The zero-order chi connectivity index (χ0) is 4.12. The predicted molar refractivity (Wildman–Crippen MR) is 12.5 cm³/mol. The highest BCUT2D eigenvalue weighted by Gasteiger charge is 1.73. The quantitative estimate of drug-likeness (QED) is 0.482. The number of hydrogen-bond acceptors (Lipinski definition) is 1. The molecule has 1 nitrogen and oxygen atoms in total. The fraction of sp³-hybridized carbons (Fsp3) is 0.500. The summed E-state index contributed by atoms with van der Waals surface area (Å²) in [7, 11) is 0. The maximum atomic E-state index is 10.5. The molecule has 0 spiro atoms. The van der Waals surface area contributed by atoms with Gasteiger partial charge < -0.3 is 4.74 Å². The molecule has 0 atom stereocenters. The third-order valence-corrected chi connectivity index (χ3v) is 0.126. The van der Waals surface area contributed by atoms with Gasteiger partial charge in [-0.05, 0) is 0 Å². The monoisotopic (exact) mass is 81.0 g/mol. The van der Waals surface area contributed by atoms with Gasteiger partial charge in [0.1, 0.15) is 0 Å². The van der Waals surface area contributed by atoms with Crippen LogP contribution >= 0.6 is 0 Å². The van der Waals surface area contributed by atoms with Crippen molar-refractivity contribution in [1.29, 1.82) is 0 Å². The summed E-state index contributed by atoms with van der Waals surface area (Å²) in [6.45, 7) is -1.28. The minimum atomic E-state index is -1.09. The van der Waals surface area contributed by atoms with E-state index in [9.17, 15) is 8.78 Å². The first-order chi connectivity index (χ1) is 2.41. The number of hydrogen-bond donors (Lipinski definition) is 0. The van der Waals surface area contributed by atoms with E-state index < -0.39 is 6.86 Å². The van der Waals surface area contributed by atoms with Crippen LogP contribution in [0.1, 0.15) is 0 Å². The van der Waals surface area contributed by atoms with Gasteiger partial charge in [0.2, 0.25) is 0 Å². The average Bonchev–Trinajstić information content (AvgIpc) is 1.41. The van der Waals surface area contributed by atoms with Crippen LogP contribution in [-0.4, -0.2) is 6.86 Å². The molecule has 0 saturated carbocycles. The minimum absolute atomic E-state index is 0.194. The third kappa shape index (κ3) is 3.82. The van der Waals surface area contributed by atoms with Gasteiger partial charge in [-0.25, -0.2) is 8.78 Å². The van der Waals surface area contributed by atoms with Crippen molar-refractivity contribution in [3.63, 3.8) is 0 Å². The van der Waals surface area contributed by atoms with Crippen LogP contribution in [0.2, 0.25) is 0 Å². The molecule has 0 N–H and O–H groups in total. The first-order valence-corrected chi connectivity index (χ1v) is 1.01. The van der Waals surface area contributed by atoms with Crippen molar-refractivity contribution in [3.05, 3.63) is 6.86 Å². The highest BCUT2D eigenvalue weighted by atomic mass is 19.2. The summed E-state index contributed by atoms with van der Waals surface area (Å²) in [6.07, 6.45) is 0.